The largest absolute Gasteiger partial charge is 0.481 e. The van der Waals surface area contributed by atoms with Crippen LogP contribution in [0, 0.1) is 11.7 Å². The number of piperidine rings is 1. The summed E-state index contributed by atoms with van der Waals surface area (Å²) in [6.07, 6.45) is 2.33. The molecule has 0 aliphatic carbocycles. The Morgan fingerprint density at radius 3 is 2.39 bits per heavy atom. The highest BCUT2D eigenvalue weighted by atomic mass is 19.1. The summed E-state index contributed by atoms with van der Waals surface area (Å²) in [5.74, 6) is -1.68. The molecule has 1 heterocycles. The molecule has 3 rings (SSSR count). The lowest BCUT2D eigenvalue weighted by molar-refractivity contribution is -0.137. The summed E-state index contributed by atoms with van der Waals surface area (Å²) in [5.41, 5.74) is 0.919. The van der Waals surface area contributed by atoms with Gasteiger partial charge >= 0.3 is 5.97 Å². The third-order valence-electron chi connectivity index (χ3n) is 5.08. The van der Waals surface area contributed by atoms with Crippen LogP contribution in [0.2, 0.25) is 0 Å². The highest BCUT2D eigenvalue weighted by molar-refractivity contribution is 6.15. The van der Waals surface area contributed by atoms with Crippen LogP contribution < -0.4 is 0 Å². The number of hydrogen-bond donors (Lipinski definition) is 1. The molecule has 28 heavy (non-hydrogen) atoms. The molecule has 1 aliphatic heterocycles. The highest BCUT2D eigenvalue weighted by Crippen LogP contribution is 2.24. The molecule has 5 nitrogen and oxygen atoms in total. The van der Waals surface area contributed by atoms with Crippen LogP contribution in [0.15, 0.2) is 48.5 Å². The Labute approximate surface area is 162 Å². The average molecular weight is 383 g/mol. The Morgan fingerprint density at radius 2 is 1.71 bits per heavy atom. The lowest BCUT2D eigenvalue weighted by Crippen LogP contribution is -2.40. The first-order valence-electron chi connectivity index (χ1n) is 9.36. The third kappa shape index (κ3) is 4.63. The quantitative estimate of drug-likeness (QED) is 0.771. The van der Waals surface area contributed by atoms with Crippen molar-refractivity contribution in [3.63, 3.8) is 0 Å². The summed E-state index contributed by atoms with van der Waals surface area (Å²) in [6, 6.07) is 11.9. The van der Waals surface area contributed by atoms with Crippen LogP contribution >= 0.6 is 0 Å². The molecule has 0 spiro atoms. The molecule has 1 atom stereocenters. The van der Waals surface area contributed by atoms with Crippen LogP contribution in [0.3, 0.4) is 0 Å². The lowest BCUT2D eigenvalue weighted by atomic mass is 9.92. The van der Waals surface area contributed by atoms with Gasteiger partial charge in [-0.15, -0.1) is 0 Å². The summed E-state index contributed by atoms with van der Waals surface area (Å²) in [7, 11) is 0. The van der Waals surface area contributed by atoms with E-state index in [2.05, 4.69) is 0 Å². The highest BCUT2D eigenvalue weighted by Gasteiger charge is 2.27. The Hall–Kier alpha value is -3.02. The van der Waals surface area contributed by atoms with Crippen molar-refractivity contribution in [3.05, 3.63) is 71.0 Å². The standard InChI is InChI=1S/C22H22FNO4/c23-17-10-8-16(9-11-17)21(27)18-5-1-2-6-19(18)22(28)24-13-3-4-15(14-24)7-12-20(25)26/h1-2,5-6,8-11,15H,3-4,7,12-14H2,(H,25,26)/t15-/m1/s1. The molecular weight excluding hydrogens is 361 g/mol. The van der Waals surface area contributed by atoms with E-state index >= 15 is 0 Å². The Morgan fingerprint density at radius 1 is 1.04 bits per heavy atom. The van der Waals surface area contributed by atoms with E-state index in [1.165, 1.54) is 24.3 Å². The lowest BCUT2D eigenvalue weighted by Gasteiger charge is -2.33. The first-order valence-corrected chi connectivity index (χ1v) is 9.36. The number of aliphatic carboxylic acids is 1. The van der Waals surface area contributed by atoms with Gasteiger partial charge in [-0.3, -0.25) is 14.4 Å². The van der Waals surface area contributed by atoms with Gasteiger partial charge in [-0.25, -0.2) is 4.39 Å². The van der Waals surface area contributed by atoms with Gasteiger partial charge in [0, 0.05) is 30.6 Å². The van der Waals surface area contributed by atoms with Gasteiger partial charge in [-0.05, 0) is 55.5 Å². The van der Waals surface area contributed by atoms with Gasteiger partial charge in [0.15, 0.2) is 5.78 Å². The fourth-order valence-electron chi connectivity index (χ4n) is 3.61. The first kappa shape index (κ1) is 19.7. The fourth-order valence-corrected chi connectivity index (χ4v) is 3.61. The zero-order chi connectivity index (χ0) is 20.1. The number of hydrogen-bond acceptors (Lipinski definition) is 3. The molecular formula is C22H22FNO4. The van der Waals surface area contributed by atoms with Crippen LogP contribution in [0.1, 0.15) is 52.0 Å². The number of halogens is 1. The van der Waals surface area contributed by atoms with E-state index in [4.69, 9.17) is 5.11 Å². The summed E-state index contributed by atoms with van der Waals surface area (Å²) in [5, 5.41) is 8.88. The number of rotatable bonds is 6. The van der Waals surface area contributed by atoms with E-state index in [0.29, 0.717) is 30.6 Å². The molecule has 0 radical (unpaired) electrons. The minimum absolute atomic E-state index is 0.0896. The molecule has 146 valence electrons. The maximum atomic E-state index is 13.1. The number of benzene rings is 2. The van der Waals surface area contributed by atoms with E-state index in [-0.39, 0.29) is 29.6 Å². The molecule has 1 aliphatic rings. The smallest absolute Gasteiger partial charge is 0.303 e. The third-order valence-corrected chi connectivity index (χ3v) is 5.08. The van der Waals surface area contributed by atoms with Gasteiger partial charge in [0.05, 0.1) is 5.56 Å². The number of carboxylic acids is 1. The molecule has 1 N–H and O–H groups in total. The van der Waals surface area contributed by atoms with E-state index < -0.39 is 11.8 Å². The van der Waals surface area contributed by atoms with E-state index in [1.54, 1.807) is 29.2 Å². The number of carboxylic acid groups (broad SMARTS) is 1. The molecule has 0 saturated carbocycles. The van der Waals surface area contributed by atoms with Crippen molar-refractivity contribution in [3.8, 4) is 0 Å². The van der Waals surface area contributed by atoms with Gasteiger partial charge < -0.3 is 10.0 Å². The van der Waals surface area contributed by atoms with Gasteiger partial charge in [-0.2, -0.15) is 0 Å². The minimum atomic E-state index is -0.835. The minimum Gasteiger partial charge on any atom is -0.481 e. The van der Waals surface area contributed by atoms with Gasteiger partial charge in [0.25, 0.3) is 5.91 Å². The van der Waals surface area contributed by atoms with Crippen molar-refractivity contribution in [2.24, 2.45) is 5.92 Å². The number of likely N-dealkylation sites (tertiary alicyclic amines) is 1. The number of ketones is 1. The Bertz CT molecular complexity index is 878. The molecule has 1 fully saturated rings. The molecule has 0 aromatic heterocycles. The molecule has 1 amide bonds. The number of nitrogens with zero attached hydrogens (tertiary/aromatic N) is 1. The SMILES string of the molecule is O=C(O)CC[C@H]1CCCN(C(=O)c2ccccc2C(=O)c2ccc(F)cc2)C1. The van der Waals surface area contributed by atoms with Crippen molar-refractivity contribution < 1.29 is 23.9 Å². The summed E-state index contributed by atoms with van der Waals surface area (Å²) in [6.45, 7) is 1.08. The molecule has 0 unspecified atom stereocenters. The molecule has 2 aromatic rings. The van der Waals surface area contributed by atoms with Crippen LogP contribution in [0.25, 0.3) is 0 Å². The summed E-state index contributed by atoms with van der Waals surface area (Å²) < 4.78 is 13.1. The maximum absolute atomic E-state index is 13.1. The number of carbonyl (C=O) groups is 3. The second kappa shape index (κ2) is 8.78. The van der Waals surface area contributed by atoms with Crippen molar-refractivity contribution in [1.29, 1.82) is 0 Å². The predicted molar refractivity (Wildman–Crippen MR) is 102 cm³/mol. The van der Waals surface area contributed by atoms with Crippen LogP contribution in [0.4, 0.5) is 4.39 Å². The van der Waals surface area contributed by atoms with Gasteiger partial charge in [0.2, 0.25) is 0 Å². The van der Waals surface area contributed by atoms with Gasteiger partial charge in [-0.1, -0.05) is 18.2 Å². The fraction of sp³-hybridized carbons (Fsp3) is 0.318. The van der Waals surface area contributed by atoms with Crippen molar-refractivity contribution in [2.45, 2.75) is 25.7 Å². The Balaban J connectivity index is 1.79. The monoisotopic (exact) mass is 383 g/mol. The summed E-state index contributed by atoms with van der Waals surface area (Å²) in [4.78, 5) is 38.5. The zero-order valence-electron chi connectivity index (χ0n) is 15.4. The van der Waals surface area contributed by atoms with Gasteiger partial charge in [0.1, 0.15) is 5.82 Å². The first-order chi connectivity index (χ1) is 13.5. The number of amides is 1. The van der Waals surface area contributed by atoms with Crippen LogP contribution in [0.5, 0.6) is 0 Å². The predicted octanol–water partition coefficient (Wildman–Crippen LogP) is 3.77. The zero-order valence-corrected chi connectivity index (χ0v) is 15.4. The second-order valence-electron chi connectivity index (χ2n) is 7.07. The molecule has 1 saturated heterocycles. The van der Waals surface area contributed by atoms with Crippen molar-refractivity contribution in [2.75, 3.05) is 13.1 Å². The van der Waals surface area contributed by atoms with Crippen LogP contribution in [-0.2, 0) is 4.79 Å². The van der Waals surface area contributed by atoms with Crippen molar-refractivity contribution in [1.82, 2.24) is 4.90 Å². The topological polar surface area (TPSA) is 74.7 Å². The average Bonchev–Trinajstić information content (AvgIpc) is 2.72. The summed E-state index contributed by atoms with van der Waals surface area (Å²) >= 11 is 0. The van der Waals surface area contributed by atoms with E-state index in [1.807, 2.05) is 0 Å². The van der Waals surface area contributed by atoms with E-state index in [9.17, 15) is 18.8 Å². The molecule has 2 aromatic carbocycles. The normalized spacial score (nSPS) is 16.6. The molecule has 0 bridgehead atoms. The number of carbonyl (C=O) groups excluding carboxylic acids is 2. The van der Waals surface area contributed by atoms with Crippen LogP contribution in [-0.4, -0.2) is 40.8 Å². The molecule has 6 heteroatoms. The van der Waals surface area contributed by atoms with Crippen molar-refractivity contribution >= 4 is 17.7 Å². The maximum Gasteiger partial charge on any atom is 0.303 e. The second-order valence-corrected chi connectivity index (χ2v) is 7.07. The Kier molecular flexibility index (Phi) is 6.19. The van der Waals surface area contributed by atoms with E-state index in [0.717, 1.165) is 12.8 Å².